The quantitative estimate of drug-likeness (QED) is 0.376. The minimum atomic E-state index is -0.787. The Bertz CT molecular complexity index is 1160. The van der Waals surface area contributed by atoms with E-state index in [4.69, 9.17) is 0 Å². The largest absolute Gasteiger partial charge is 0.394 e. The predicted octanol–water partition coefficient (Wildman–Crippen LogP) is 4.50. The third-order valence-electron chi connectivity index (χ3n) is 9.23. The Balaban J connectivity index is 1.87. The summed E-state index contributed by atoms with van der Waals surface area (Å²) in [7, 11) is 0. The first-order valence-electron chi connectivity index (χ1n) is 14.6. The summed E-state index contributed by atoms with van der Waals surface area (Å²) in [5.41, 5.74) is 2.77. The van der Waals surface area contributed by atoms with Gasteiger partial charge < -0.3 is 19.8 Å². The topological polar surface area (TPSA) is 81.2 Å². The van der Waals surface area contributed by atoms with Crippen LogP contribution >= 0.6 is 11.8 Å². The number of rotatable bonds is 12. The molecule has 3 saturated heterocycles. The van der Waals surface area contributed by atoms with Gasteiger partial charge in [-0.2, -0.15) is 0 Å². The van der Waals surface area contributed by atoms with Crippen LogP contribution in [0.5, 0.6) is 0 Å². The van der Waals surface area contributed by atoms with Gasteiger partial charge in [0.1, 0.15) is 6.04 Å². The summed E-state index contributed by atoms with van der Waals surface area (Å²) >= 11 is 1.67. The van der Waals surface area contributed by atoms with Gasteiger partial charge in [0, 0.05) is 30.1 Å². The Hall–Kier alpha value is -2.58. The number of amides is 3. The van der Waals surface area contributed by atoms with E-state index in [-0.39, 0.29) is 24.3 Å². The van der Waals surface area contributed by atoms with Crippen LogP contribution in [0.2, 0.25) is 0 Å². The van der Waals surface area contributed by atoms with Gasteiger partial charge >= 0.3 is 0 Å². The number of fused-ring (bicyclic) bond motifs is 1. The number of thioether (sulfide) groups is 1. The van der Waals surface area contributed by atoms with Gasteiger partial charge in [-0.1, -0.05) is 44.2 Å². The molecule has 0 aromatic heterocycles. The van der Waals surface area contributed by atoms with Crippen LogP contribution in [0.1, 0.15) is 57.6 Å². The molecule has 0 saturated carbocycles. The van der Waals surface area contributed by atoms with Gasteiger partial charge in [-0.05, 0) is 57.6 Å². The van der Waals surface area contributed by atoms with Crippen LogP contribution < -0.4 is 4.90 Å². The van der Waals surface area contributed by atoms with Crippen molar-refractivity contribution < 1.29 is 19.5 Å². The second-order valence-corrected chi connectivity index (χ2v) is 13.7. The van der Waals surface area contributed by atoms with E-state index >= 15 is 0 Å². The number of hydrogen-bond donors (Lipinski definition) is 1. The van der Waals surface area contributed by atoms with Crippen LogP contribution in [0, 0.1) is 25.7 Å². The molecule has 40 heavy (non-hydrogen) atoms. The highest BCUT2D eigenvalue weighted by Crippen LogP contribution is 2.72. The average molecular weight is 568 g/mol. The first-order chi connectivity index (χ1) is 19.1. The van der Waals surface area contributed by atoms with E-state index < -0.39 is 33.4 Å². The number of carbonyl (C=O) groups excluding carboxylic acids is 3. The molecule has 7 nitrogen and oxygen atoms in total. The van der Waals surface area contributed by atoms with Gasteiger partial charge in [-0.3, -0.25) is 14.4 Å². The van der Waals surface area contributed by atoms with E-state index in [9.17, 15) is 19.5 Å². The molecule has 2 unspecified atom stereocenters. The van der Waals surface area contributed by atoms with Crippen LogP contribution in [0.3, 0.4) is 0 Å². The number of nitrogens with zero attached hydrogens (tertiary/aromatic N) is 3. The number of likely N-dealkylation sites (tertiary alicyclic amines) is 1. The molecule has 2 bridgehead atoms. The Morgan fingerprint density at radius 2 is 1.80 bits per heavy atom. The van der Waals surface area contributed by atoms with E-state index in [0.29, 0.717) is 32.5 Å². The molecule has 0 radical (unpaired) electrons. The molecule has 3 aliphatic rings. The Labute approximate surface area is 243 Å². The number of carbonyl (C=O) groups is 3. The summed E-state index contributed by atoms with van der Waals surface area (Å²) in [6.07, 6.45) is 6.20. The van der Waals surface area contributed by atoms with Crippen molar-refractivity contribution in [1.82, 2.24) is 9.80 Å². The monoisotopic (exact) mass is 567 g/mol. The SMILES string of the molecule is C=CCN(CCC)C(=O)[C@H]1[C@H]2C(=O)N([C@@H](CC)CO)C(C(=O)N(CC=C)c3c(C)cccc3C)C23CC[C@]1(C)S3. The van der Waals surface area contributed by atoms with Crippen LogP contribution in [-0.2, 0) is 14.4 Å². The van der Waals surface area contributed by atoms with Crippen molar-refractivity contribution in [3.8, 4) is 0 Å². The van der Waals surface area contributed by atoms with E-state index in [0.717, 1.165) is 29.7 Å². The molecule has 4 rings (SSSR count). The molecule has 6 atom stereocenters. The molecule has 1 aromatic carbocycles. The van der Waals surface area contributed by atoms with E-state index in [2.05, 4.69) is 20.1 Å². The highest BCUT2D eigenvalue weighted by atomic mass is 32.2. The van der Waals surface area contributed by atoms with Crippen LogP contribution in [-0.4, -0.2) is 80.4 Å². The molecular weight excluding hydrogens is 522 g/mol. The van der Waals surface area contributed by atoms with Gasteiger partial charge in [0.2, 0.25) is 11.8 Å². The number of benzene rings is 1. The van der Waals surface area contributed by atoms with Gasteiger partial charge in [-0.15, -0.1) is 24.9 Å². The molecule has 3 heterocycles. The zero-order valence-corrected chi connectivity index (χ0v) is 25.5. The van der Waals surface area contributed by atoms with Crippen molar-refractivity contribution in [1.29, 1.82) is 0 Å². The fourth-order valence-electron chi connectivity index (χ4n) is 7.54. The average Bonchev–Trinajstić information content (AvgIpc) is 3.49. The highest BCUT2D eigenvalue weighted by Gasteiger charge is 2.78. The Kier molecular flexibility index (Phi) is 8.91. The molecule has 1 aromatic rings. The normalized spacial score (nSPS) is 29.3. The molecular formula is C32H45N3O4S. The lowest BCUT2D eigenvalue weighted by Crippen LogP contribution is -2.57. The van der Waals surface area contributed by atoms with Gasteiger partial charge in [0.25, 0.3) is 5.91 Å². The standard InChI is InChI=1S/C32H45N3O4S/c1-8-17-33(18-9-2)28(37)24-25-29(38)35(23(11-4)20-36)27(32(25)16-15-31(24,7)40-32)30(39)34(19-10-3)26-21(5)13-12-14-22(26)6/h8,10,12-14,23-25,27,36H,1,3,9,11,15-20H2,2,4-7H3/t23-,24+,25-,27?,31-,32?/m0/s1. The van der Waals surface area contributed by atoms with Crippen molar-refractivity contribution in [3.05, 3.63) is 54.6 Å². The number of aliphatic hydroxyl groups excluding tert-OH is 1. The third kappa shape index (κ3) is 4.61. The van der Waals surface area contributed by atoms with Crippen molar-refractivity contribution in [3.63, 3.8) is 0 Å². The predicted molar refractivity (Wildman–Crippen MR) is 162 cm³/mol. The second-order valence-electron chi connectivity index (χ2n) is 11.8. The van der Waals surface area contributed by atoms with E-state index in [1.807, 2.05) is 50.8 Å². The summed E-state index contributed by atoms with van der Waals surface area (Å²) in [4.78, 5) is 48.8. The second kappa shape index (κ2) is 11.7. The molecule has 3 fully saturated rings. The minimum Gasteiger partial charge on any atom is -0.394 e. The molecule has 8 heteroatoms. The number of para-hydroxylation sites is 1. The smallest absolute Gasteiger partial charge is 0.251 e. The first kappa shape index (κ1) is 30.4. The van der Waals surface area contributed by atoms with Crippen molar-refractivity contribution in [2.24, 2.45) is 11.8 Å². The van der Waals surface area contributed by atoms with E-state index in [1.54, 1.807) is 33.7 Å². The fourth-order valence-corrected chi connectivity index (χ4v) is 9.87. The number of aryl methyl sites for hydroxylation is 2. The first-order valence-corrected chi connectivity index (χ1v) is 15.4. The lowest BCUT2D eigenvalue weighted by molar-refractivity contribution is -0.146. The molecule has 3 amide bonds. The summed E-state index contributed by atoms with van der Waals surface area (Å²) in [5, 5.41) is 10.4. The summed E-state index contributed by atoms with van der Waals surface area (Å²) in [6.45, 7) is 18.9. The Morgan fingerprint density at radius 1 is 1.15 bits per heavy atom. The Morgan fingerprint density at radius 3 is 2.35 bits per heavy atom. The lowest BCUT2D eigenvalue weighted by Gasteiger charge is -2.40. The van der Waals surface area contributed by atoms with Crippen molar-refractivity contribution in [2.75, 3.05) is 31.1 Å². The minimum absolute atomic E-state index is 0.0283. The summed E-state index contributed by atoms with van der Waals surface area (Å²) in [5.74, 6) is -1.52. The highest BCUT2D eigenvalue weighted by molar-refractivity contribution is 8.02. The van der Waals surface area contributed by atoms with E-state index in [1.165, 1.54) is 0 Å². The van der Waals surface area contributed by atoms with Crippen LogP contribution in [0.25, 0.3) is 0 Å². The van der Waals surface area contributed by atoms with Gasteiger partial charge in [0.05, 0.1) is 29.2 Å². The van der Waals surface area contributed by atoms with Crippen LogP contribution in [0.15, 0.2) is 43.5 Å². The summed E-state index contributed by atoms with van der Waals surface area (Å²) < 4.78 is -1.19. The zero-order valence-electron chi connectivity index (χ0n) is 24.7. The maximum Gasteiger partial charge on any atom is 0.251 e. The number of anilines is 1. The molecule has 218 valence electrons. The third-order valence-corrected chi connectivity index (χ3v) is 11.2. The molecule has 1 N–H and O–H groups in total. The van der Waals surface area contributed by atoms with Gasteiger partial charge in [0.15, 0.2) is 0 Å². The van der Waals surface area contributed by atoms with Crippen molar-refractivity contribution in [2.45, 2.75) is 81.9 Å². The molecule has 3 aliphatic heterocycles. The number of aliphatic hydroxyl groups is 1. The zero-order chi connectivity index (χ0) is 29.4. The maximum atomic E-state index is 14.9. The number of hydrogen-bond acceptors (Lipinski definition) is 5. The fraction of sp³-hybridized carbons (Fsp3) is 0.594. The summed E-state index contributed by atoms with van der Waals surface area (Å²) in [6, 6.07) is 4.65. The van der Waals surface area contributed by atoms with Crippen LogP contribution in [0.4, 0.5) is 5.69 Å². The molecule has 1 spiro atoms. The van der Waals surface area contributed by atoms with Crippen molar-refractivity contribution >= 4 is 35.2 Å². The maximum absolute atomic E-state index is 14.9. The lowest BCUT2D eigenvalue weighted by atomic mass is 9.66. The van der Waals surface area contributed by atoms with Gasteiger partial charge in [-0.25, -0.2) is 0 Å². The molecule has 0 aliphatic carbocycles.